The largest absolute Gasteiger partial charge is 0.405 e. The maximum absolute atomic E-state index is 8.44. The standard InChI is InChI=1S/C7H15N2O2P/c8-5-3-1-2-4-6-9-7-12(10)11/h3,5,7,10-11H,1-2,4,6,8H2. The van der Waals surface area contributed by atoms with Gasteiger partial charge in [0.15, 0.2) is 0 Å². The van der Waals surface area contributed by atoms with E-state index in [1.807, 2.05) is 6.08 Å². The normalized spacial score (nSPS) is 12.2. The molecule has 0 rings (SSSR count). The highest BCUT2D eigenvalue weighted by Gasteiger charge is 1.88. The van der Waals surface area contributed by atoms with Gasteiger partial charge in [-0.2, -0.15) is 0 Å². The number of rotatable bonds is 6. The van der Waals surface area contributed by atoms with Gasteiger partial charge in [0, 0.05) is 6.54 Å². The molecular weight excluding hydrogens is 175 g/mol. The van der Waals surface area contributed by atoms with E-state index in [4.69, 9.17) is 15.5 Å². The maximum Gasteiger partial charge on any atom is 0.211 e. The molecular formula is C7H15N2O2P. The van der Waals surface area contributed by atoms with Crippen LogP contribution in [0.5, 0.6) is 0 Å². The zero-order chi connectivity index (χ0) is 9.23. The molecule has 0 bridgehead atoms. The summed E-state index contributed by atoms with van der Waals surface area (Å²) in [5.41, 5.74) is 5.14. The molecule has 0 fully saturated rings. The third-order valence-electron chi connectivity index (χ3n) is 1.23. The van der Waals surface area contributed by atoms with Crippen molar-refractivity contribution in [1.29, 1.82) is 0 Å². The van der Waals surface area contributed by atoms with Gasteiger partial charge in [-0.05, 0) is 25.5 Å². The third kappa shape index (κ3) is 9.56. The summed E-state index contributed by atoms with van der Waals surface area (Å²) in [6.45, 7) is 0.651. The molecule has 0 heterocycles. The highest BCUT2D eigenvalue weighted by atomic mass is 31.2. The summed E-state index contributed by atoms with van der Waals surface area (Å²) in [6, 6.07) is 0. The van der Waals surface area contributed by atoms with Gasteiger partial charge in [-0.3, -0.25) is 4.99 Å². The summed E-state index contributed by atoms with van der Waals surface area (Å²) in [5, 5.41) is 0. The first kappa shape index (κ1) is 11.6. The van der Waals surface area contributed by atoms with Crippen molar-refractivity contribution in [2.24, 2.45) is 10.7 Å². The molecule has 0 atom stereocenters. The van der Waals surface area contributed by atoms with Crippen LogP contribution in [0.2, 0.25) is 0 Å². The van der Waals surface area contributed by atoms with Crippen molar-refractivity contribution in [3.63, 3.8) is 0 Å². The second-order valence-electron chi connectivity index (χ2n) is 2.27. The van der Waals surface area contributed by atoms with E-state index in [2.05, 4.69) is 4.99 Å². The Morgan fingerprint density at radius 2 is 2.08 bits per heavy atom. The van der Waals surface area contributed by atoms with Gasteiger partial charge in [0.1, 0.15) is 0 Å². The van der Waals surface area contributed by atoms with Gasteiger partial charge in [0.2, 0.25) is 8.38 Å². The highest BCUT2D eigenvalue weighted by Crippen LogP contribution is 2.16. The molecule has 4 nitrogen and oxygen atoms in total. The average Bonchev–Trinajstić information content (AvgIpc) is 2.02. The molecule has 0 aromatic rings. The van der Waals surface area contributed by atoms with Crippen molar-refractivity contribution >= 4 is 14.3 Å². The lowest BCUT2D eigenvalue weighted by molar-refractivity contribution is 0.501. The zero-order valence-corrected chi connectivity index (χ0v) is 7.82. The van der Waals surface area contributed by atoms with Gasteiger partial charge in [0.25, 0.3) is 0 Å². The summed E-state index contributed by atoms with van der Waals surface area (Å²) in [4.78, 5) is 20.7. The van der Waals surface area contributed by atoms with Gasteiger partial charge >= 0.3 is 0 Å². The van der Waals surface area contributed by atoms with Crippen molar-refractivity contribution in [1.82, 2.24) is 0 Å². The van der Waals surface area contributed by atoms with Crippen LogP contribution in [0.15, 0.2) is 17.3 Å². The van der Waals surface area contributed by atoms with Crippen LogP contribution in [0.25, 0.3) is 0 Å². The Hall–Kier alpha value is -0.440. The van der Waals surface area contributed by atoms with E-state index >= 15 is 0 Å². The lowest BCUT2D eigenvalue weighted by Gasteiger charge is -1.93. The predicted octanol–water partition coefficient (Wildman–Crippen LogP) is 0.954. The van der Waals surface area contributed by atoms with Gasteiger partial charge in [0.05, 0.1) is 5.96 Å². The zero-order valence-electron chi connectivity index (χ0n) is 6.93. The minimum atomic E-state index is -1.95. The Morgan fingerprint density at radius 1 is 1.33 bits per heavy atom. The number of nitrogens with zero attached hydrogens (tertiary/aromatic N) is 1. The Labute approximate surface area is 73.7 Å². The minimum absolute atomic E-state index is 0.651. The molecule has 0 unspecified atom stereocenters. The van der Waals surface area contributed by atoms with Crippen molar-refractivity contribution in [2.45, 2.75) is 19.3 Å². The fourth-order valence-corrected chi connectivity index (χ4v) is 0.954. The molecule has 12 heavy (non-hydrogen) atoms. The number of aliphatic imine (C=N–C) groups is 1. The molecule has 0 aliphatic rings. The number of allylic oxidation sites excluding steroid dienone is 1. The van der Waals surface area contributed by atoms with Crippen LogP contribution in [0, 0.1) is 0 Å². The molecule has 0 aromatic carbocycles. The second-order valence-corrected chi connectivity index (χ2v) is 3.14. The van der Waals surface area contributed by atoms with Gasteiger partial charge in [-0.25, -0.2) is 0 Å². The average molecular weight is 190 g/mol. The Balaban J connectivity index is 3.10. The lowest BCUT2D eigenvalue weighted by Crippen LogP contribution is -1.83. The van der Waals surface area contributed by atoms with E-state index in [-0.39, 0.29) is 0 Å². The van der Waals surface area contributed by atoms with Crippen molar-refractivity contribution in [3.05, 3.63) is 12.3 Å². The van der Waals surface area contributed by atoms with Gasteiger partial charge in [-0.1, -0.05) is 6.08 Å². The maximum atomic E-state index is 8.44. The van der Waals surface area contributed by atoms with E-state index in [0.717, 1.165) is 19.3 Å². The van der Waals surface area contributed by atoms with Crippen molar-refractivity contribution in [2.75, 3.05) is 6.54 Å². The first-order valence-electron chi connectivity index (χ1n) is 3.81. The van der Waals surface area contributed by atoms with Crippen LogP contribution in [0.1, 0.15) is 19.3 Å². The molecule has 0 spiro atoms. The molecule has 0 radical (unpaired) electrons. The number of unbranched alkanes of at least 4 members (excludes halogenated alkanes) is 2. The first-order chi connectivity index (χ1) is 5.77. The smallest absolute Gasteiger partial charge is 0.211 e. The fourth-order valence-electron chi connectivity index (χ4n) is 0.692. The van der Waals surface area contributed by atoms with Crippen molar-refractivity contribution in [3.8, 4) is 0 Å². The van der Waals surface area contributed by atoms with E-state index in [1.54, 1.807) is 0 Å². The summed E-state index contributed by atoms with van der Waals surface area (Å²) >= 11 is 0. The summed E-state index contributed by atoms with van der Waals surface area (Å²) < 4.78 is 0. The van der Waals surface area contributed by atoms with Crippen LogP contribution < -0.4 is 5.73 Å². The first-order valence-corrected chi connectivity index (χ1v) is 5.12. The number of hydrogen-bond acceptors (Lipinski definition) is 4. The molecule has 0 amide bonds. The summed E-state index contributed by atoms with van der Waals surface area (Å²) in [6.07, 6.45) is 6.36. The molecule has 5 heteroatoms. The third-order valence-corrected chi connectivity index (χ3v) is 1.60. The lowest BCUT2D eigenvalue weighted by atomic mass is 10.2. The number of nitrogens with two attached hydrogens (primary N) is 1. The van der Waals surface area contributed by atoms with Crippen LogP contribution >= 0.6 is 8.38 Å². The predicted molar refractivity (Wildman–Crippen MR) is 51.9 cm³/mol. The van der Waals surface area contributed by atoms with Crippen LogP contribution in [-0.2, 0) is 0 Å². The Bertz CT molecular complexity index is 148. The molecule has 0 saturated heterocycles. The minimum Gasteiger partial charge on any atom is -0.405 e. The van der Waals surface area contributed by atoms with Crippen LogP contribution in [-0.4, -0.2) is 22.3 Å². The van der Waals surface area contributed by atoms with E-state index in [9.17, 15) is 0 Å². The topological polar surface area (TPSA) is 78.8 Å². The van der Waals surface area contributed by atoms with E-state index in [0.29, 0.717) is 6.54 Å². The van der Waals surface area contributed by atoms with Crippen LogP contribution in [0.4, 0.5) is 0 Å². The van der Waals surface area contributed by atoms with Gasteiger partial charge in [-0.15, -0.1) is 0 Å². The summed E-state index contributed by atoms with van der Waals surface area (Å²) in [5.74, 6) is 1.19. The molecule has 4 N–H and O–H groups in total. The molecule has 0 aliphatic carbocycles. The highest BCUT2D eigenvalue weighted by molar-refractivity contribution is 7.61. The van der Waals surface area contributed by atoms with E-state index in [1.165, 1.54) is 12.2 Å². The number of hydrogen-bond donors (Lipinski definition) is 3. The quantitative estimate of drug-likeness (QED) is 0.331. The summed E-state index contributed by atoms with van der Waals surface area (Å²) in [7, 11) is -1.95. The monoisotopic (exact) mass is 190 g/mol. The Morgan fingerprint density at radius 3 is 2.67 bits per heavy atom. The van der Waals surface area contributed by atoms with E-state index < -0.39 is 8.38 Å². The Kier molecular flexibility index (Phi) is 8.34. The molecule has 70 valence electrons. The molecule has 0 aromatic heterocycles. The SMILES string of the molecule is NC=CCCCCN=CP(O)O. The molecule has 0 aliphatic heterocycles. The van der Waals surface area contributed by atoms with Crippen molar-refractivity contribution < 1.29 is 9.79 Å². The molecule has 0 saturated carbocycles. The second kappa shape index (κ2) is 8.65. The van der Waals surface area contributed by atoms with Gasteiger partial charge < -0.3 is 15.5 Å². The fraction of sp³-hybridized carbons (Fsp3) is 0.571. The van der Waals surface area contributed by atoms with Crippen LogP contribution in [0.3, 0.4) is 0 Å².